The zero-order chi connectivity index (χ0) is 29.6. The van der Waals surface area contributed by atoms with Crippen LogP contribution in [-0.4, -0.2) is 43.8 Å². The van der Waals surface area contributed by atoms with E-state index in [-0.39, 0.29) is 23.4 Å². The molecule has 10 heteroatoms. The number of halogens is 2. The highest BCUT2D eigenvalue weighted by Gasteiger charge is 2.34. The van der Waals surface area contributed by atoms with Gasteiger partial charge in [-0.1, -0.05) is 55.6 Å². The second-order valence-electron chi connectivity index (χ2n) is 10.4. The summed E-state index contributed by atoms with van der Waals surface area (Å²) >= 11 is 6.00. The average Bonchev–Trinajstić information content (AvgIpc) is 3.45. The molecule has 1 fully saturated rings. The number of aryl methyl sites for hydroxylation is 1. The van der Waals surface area contributed by atoms with Gasteiger partial charge in [-0.15, -0.1) is 0 Å². The number of nitrogens with one attached hydrogen (secondary N) is 1. The van der Waals surface area contributed by atoms with E-state index in [1.54, 1.807) is 30.3 Å². The molecule has 0 spiro atoms. The SMILES string of the molecule is CC[C@H](C(=O)NC1CCCC1)N(Cc1ccc(F)cc1)C(=O)CN(c1cccc(C)c1)S(=O)(=O)c1ccc(Cl)cc1. The monoisotopic (exact) mass is 599 g/mol. The minimum Gasteiger partial charge on any atom is -0.352 e. The summed E-state index contributed by atoms with van der Waals surface area (Å²) in [7, 11) is -4.19. The third-order valence-electron chi connectivity index (χ3n) is 7.32. The van der Waals surface area contributed by atoms with Crippen molar-refractivity contribution < 1.29 is 22.4 Å². The number of hydrogen-bond donors (Lipinski definition) is 1. The topological polar surface area (TPSA) is 86.8 Å². The Kier molecular flexibility index (Phi) is 10.0. The highest BCUT2D eigenvalue weighted by Crippen LogP contribution is 2.27. The number of hydrogen-bond acceptors (Lipinski definition) is 4. The molecular formula is C31H35ClFN3O4S. The molecule has 1 aliphatic carbocycles. The van der Waals surface area contributed by atoms with Gasteiger partial charge in [0, 0.05) is 17.6 Å². The number of carbonyl (C=O) groups excluding carboxylic acids is 2. The molecule has 0 bridgehead atoms. The van der Waals surface area contributed by atoms with Crippen LogP contribution in [0.25, 0.3) is 0 Å². The number of carbonyl (C=O) groups is 2. The molecule has 0 aliphatic heterocycles. The van der Waals surface area contributed by atoms with Crippen molar-refractivity contribution in [3.8, 4) is 0 Å². The Morgan fingerprint density at radius 1 is 1.02 bits per heavy atom. The van der Waals surface area contributed by atoms with E-state index in [1.165, 1.54) is 41.3 Å². The summed E-state index contributed by atoms with van der Waals surface area (Å²) in [5, 5.41) is 3.46. The van der Waals surface area contributed by atoms with Gasteiger partial charge in [-0.25, -0.2) is 12.8 Å². The van der Waals surface area contributed by atoms with Crippen molar-refractivity contribution in [2.45, 2.75) is 69.5 Å². The fraction of sp³-hybridized carbons (Fsp3) is 0.355. The Bertz CT molecular complexity index is 1460. The van der Waals surface area contributed by atoms with Crippen LogP contribution in [0.4, 0.5) is 10.1 Å². The summed E-state index contributed by atoms with van der Waals surface area (Å²) in [6.07, 6.45) is 4.16. The molecule has 1 N–H and O–H groups in total. The third kappa shape index (κ3) is 7.65. The van der Waals surface area contributed by atoms with Crippen LogP contribution >= 0.6 is 11.6 Å². The summed E-state index contributed by atoms with van der Waals surface area (Å²) in [5.41, 5.74) is 1.75. The first-order valence-corrected chi connectivity index (χ1v) is 15.6. The van der Waals surface area contributed by atoms with E-state index >= 15 is 0 Å². The van der Waals surface area contributed by atoms with E-state index in [0.29, 0.717) is 22.7 Å². The summed E-state index contributed by atoms with van der Waals surface area (Å²) in [6, 6.07) is 17.5. The lowest BCUT2D eigenvalue weighted by Crippen LogP contribution is -2.53. The number of benzene rings is 3. The summed E-state index contributed by atoms with van der Waals surface area (Å²) in [6.45, 7) is 3.12. The Labute approximate surface area is 246 Å². The third-order valence-corrected chi connectivity index (χ3v) is 9.36. The molecular weight excluding hydrogens is 565 g/mol. The minimum absolute atomic E-state index is 0.0123. The zero-order valence-corrected chi connectivity index (χ0v) is 24.8. The lowest BCUT2D eigenvalue weighted by molar-refractivity contribution is -0.140. The van der Waals surface area contributed by atoms with Gasteiger partial charge >= 0.3 is 0 Å². The first-order chi connectivity index (χ1) is 19.6. The highest BCUT2D eigenvalue weighted by molar-refractivity contribution is 7.92. The fourth-order valence-electron chi connectivity index (χ4n) is 5.12. The van der Waals surface area contributed by atoms with Gasteiger partial charge in [0.25, 0.3) is 10.0 Å². The van der Waals surface area contributed by atoms with E-state index in [4.69, 9.17) is 11.6 Å². The molecule has 0 unspecified atom stereocenters. The van der Waals surface area contributed by atoms with E-state index in [2.05, 4.69) is 5.32 Å². The van der Waals surface area contributed by atoms with Gasteiger partial charge in [0.15, 0.2) is 0 Å². The lowest BCUT2D eigenvalue weighted by Gasteiger charge is -2.34. The van der Waals surface area contributed by atoms with Crippen LogP contribution in [0, 0.1) is 12.7 Å². The van der Waals surface area contributed by atoms with Gasteiger partial charge in [-0.3, -0.25) is 13.9 Å². The Morgan fingerprint density at radius 3 is 2.29 bits per heavy atom. The molecule has 2 amide bonds. The molecule has 4 rings (SSSR count). The number of anilines is 1. The van der Waals surface area contributed by atoms with Gasteiger partial charge in [0.05, 0.1) is 10.6 Å². The van der Waals surface area contributed by atoms with Gasteiger partial charge in [-0.2, -0.15) is 0 Å². The van der Waals surface area contributed by atoms with E-state index < -0.39 is 34.3 Å². The normalized spacial score (nSPS) is 14.4. The smallest absolute Gasteiger partial charge is 0.264 e. The molecule has 41 heavy (non-hydrogen) atoms. The van der Waals surface area contributed by atoms with Crippen LogP contribution in [0.5, 0.6) is 0 Å². The predicted molar refractivity (Wildman–Crippen MR) is 159 cm³/mol. The summed E-state index contributed by atoms with van der Waals surface area (Å²) in [5.74, 6) is -1.25. The molecule has 3 aromatic carbocycles. The predicted octanol–water partition coefficient (Wildman–Crippen LogP) is 5.85. The molecule has 0 radical (unpaired) electrons. The van der Waals surface area contributed by atoms with Crippen molar-refractivity contribution in [1.82, 2.24) is 10.2 Å². The lowest BCUT2D eigenvalue weighted by atomic mass is 10.1. The van der Waals surface area contributed by atoms with Crippen LogP contribution in [0.2, 0.25) is 5.02 Å². The molecule has 0 aromatic heterocycles. The molecule has 218 valence electrons. The Balaban J connectivity index is 1.71. The van der Waals surface area contributed by atoms with Gasteiger partial charge in [0.1, 0.15) is 18.4 Å². The fourth-order valence-corrected chi connectivity index (χ4v) is 6.65. The number of rotatable bonds is 11. The van der Waals surface area contributed by atoms with Crippen molar-refractivity contribution in [2.24, 2.45) is 0 Å². The molecule has 1 aliphatic rings. The van der Waals surface area contributed by atoms with Crippen molar-refractivity contribution in [3.63, 3.8) is 0 Å². The quantitative estimate of drug-likeness (QED) is 0.300. The van der Waals surface area contributed by atoms with Gasteiger partial charge in [-0.05, 0) is 85.8 Å². The highest BCUT2D eigenvalue weighted by atomic mass is 35.5. The molecule has 0 heterocycles. The standard InChI is InChI=1S/C31H35ClFN3O4S/c1-3-29(31(38)34-26-8-4-5-9-26)35(20-23-11-15-25(33)16-12-23)30(37)21-36(27-10-6-7-22(2)19-27)41(39,40)28-17-13-24(32)14-18-28/h6-7,10-19,26,29H,3-5,8-9,20-21H2,1-2H3,(H,34,38)/t29-/m1/s1. The Hall–Kier alpha value is -3.43. The zero-order valence-electron chi connectivity index (χ0n) is 23.2. The van der Waals surface area contributed by atoms with Crippen molar-refractivity contribution in [3.05, 3.63) is 94.8 Å². The second-order valence-corrected chi connectivity index (χ2v) is 12.7. The van der Waals surface area contributed by atoms with Gasteiger partial charge < -0.3 is 10.2 Å². The van der Waals surface area contributed by atoms with Gasteiger partial charge in [0.2, 0.25) is 11.8 Å². The number of nitrogens with zero attached hydrogens (tertiary/aromatic N) is 2. The molecule has 7 nitrogen and oxygen atoms in total. The van der Waals surface area contributed by atoms with Crippen LogP contribution in [0.3, 0.4) is 0 Å². The maximum absolute atomic E-state index is 14.1. The number of sulfonamides is 1. The summed E-state index contributed by atoms with van der Waals surface area (Å²) < 4.78 is 42.5. The minimum atomic E-state index is -4.19. The van der Waals surface area contributed by atoms with Crippen molar-refractivity contribution in [1.29, 1.82) is 0 Å². The number of amides is 2. The second kappa shape index (κ2) is 13.5. The van der Waals surface area contributed by atoms with Crippen molar-refractivity contribution >= 4 is 39.1 Å². The molecule has 0 saturated heterocycles. The molecule has 1 saturated carbocycles. The van der Waals surface area contributed by atoms with E-state index in [0.717, 1.165) is 35.6 Å². The maximum atomic E-state index is 14.1. The van der Waals surface area contributed by atoms with E-state index in [1.807, 2.05) is 19.9 Å². The van der Waals surface area contributed by atoms with Crippen LogP contribution in [0.1, 0.15) is 50.2 Å². The Morgan fingerprint density at radius 2 is 1.68 bits per heavy atom. The first kappa shape index (κ1) is 30.5. The van der Waals surface area contributed by atoms with Crippen LogP contribution in [-0.2, 0) is 26.2 Å². The molecule has 3 aromatic rings. The average molecular weight is 600 g/mol. The van der Waals surface area contributed by atoms with Crippen LogP contribution < -0.4 is 9.62 Å². The molecule has 1 atom stereocenters. The van der Waals surface area contributed by atoms with Crippen LogP contribution in [0.15, 0.2) is 77.7 Å². The largest absolute Gasteiger partial charge is 0.352 e. The maximum Gasteiger partial charge on any atom is 0.264 e. The summed E-state index contributed by atoms with van der Waals surface area (Å²) in [4.78, 5) is 28.9. The first-order valence-electron chi connectivity index (χ1n) is 13.8. The van der Waals surface area contributed by atoms with Crippen molar-refractivity contribution in [2.75, 3.05) is 10.8 Å². The van der Waals surface area contributed by atoms with E-state index in [9.17, 15) is 22.4 Å².